The van der Waals surface area contributed by atoms with Gasteiger partial charge < -0.3 is 0 Å². The normalized spacial score (nSPS) is 23.1. The van der Waals surface area contributed by atoms with E-state index in [9.17, 15) is 0 Å². The van der Waals surface area contributed by atoms with E-state index in [1.54, 1.807) is 0 Å². The Kier molecular flexibility index (Phi) is 3.16. The molecule has 3 rings (SSSR count). The molecule has 19 heavy (non-hydrogen) atoms. The minimum atomic E-state index is 0.481. The van der Waals surface area contributed by atoms with Crippen molar-refractivity contribution in [3.05, 3.63) is 70.8 Å². The van der Waals surface area contributed by atoms with Gasteiger partial charge in [0.1, 0.15) is 0 Å². The first-order chi connectivity index (χ1) is 9.18. The van der Waals surface area contributed by atoms with Gasteiger partial charge in [0.25, 0.3) is 0 Å². The average Bonchev–Trinajstić information content (AvgIpc) is 2.42. The lowest BCUT2D eigenvalue weighted by molar-refractivity contribution is 0.211. The van der Waals surface area contributed by atoms with Crippen molar-refractivity contribution >= 4 is 0 Å². The molecule has 0 saturated heterocycles. The summed E-state index contributed by atoms with van der Waals surface area (Å²) in [5, 5.41) is 0. The maximum Gasteiger partial charge on any atom is 0.0246 e. The highest BCUT2D eigenvalue weighted by atomic mass is 15.1. The van der Waals surface area contributed by atoms with Crippen LogP contribution in [-0.4, -0.2) is 18.0 Å². The highest BCUT2D eigenvalue weighted by molar-refractivity contribution is 5.44. The third-order valence-corrected chi connectivity index (χ3v) is 4.53. The van der Waals surface area contributed by atoms with Gasteiger partial charge in [-0.15, -0.1) is 0 Å². The SMILES string of the molecule is Cc1cccc2c1CN(C)C(C)C2c1ccccc1. The Morgan fingerprint density at radius 1 is 1.00 bits per heavy atom. The number of hydrogen-bond donors (Lipinski definition) is 0. The van der Waals surface area contributed by atoms with Crippen LogP contribution in [0.5, 0.6) is 0 Å². The summed E-state index contributed by atoms with van der Waals surface area (Å²) in [5.74, 6) is 0.481. The van der Waals surface area contributed by atoms with Gasteiger partial charge in [-0.3, -0.25) is 4.90 Å². The predicted octanol–water partition coefficient (Wildman–Crippen LogP) is 3.96. The lowest BCUT2D eigenvalue weighted by atomic mass is 9.78. The van der Waals surface area contributed by atoms with Gasteiger partial charge in [0, 0.05) is 18.5 Å². The summed E-state index contributed by atoms with van der Waals surface area (Å²) in [6, 6.07) is 18.2. The van der Waals surface area contributed by atoms with E-state index in [1.165, 1.54) is 22.3 Å². The zero-order valence-corrected chi connectivity index (χ0v) is 11.9. The molecule has 2 aromatic rings. The molecule has 0 radical (unpaired) electrons. The first kappa shape index (κ1) is 12.4. The molecule has 2 unspecified atom stereocenters. The second-order valence-corrected chi connectivity index (χ2v) is 5.69. The van der Waals surface area contributed by atoms with E-state index in [-0.39, 0.29) is 0 Å². The van der Waals surface area contributed by atoms with Crippen LogP contribution in [0.15, 0.2) is 48.5 Å². The smallest absolute Gasteiger partial charge is 0.0246 e. The Morgan fingerprint density at radius 2 is 1.74 bits per heavy atom. The first-order valence-electron chi connectivity index (χ1n) is 7.02. The van der Waals surface area contributed by atoms with Crippen molar-refractivity contribution in [2.24, 2.45) is 0 Å². The number of benzene rings is 2. The highest BCUT2D eigenvalue weighted by Gasteiger charge is 2.31. The van der Waals surface area contributed by atoms with Crippen LogP contribution in [0, 0.1) is 6.92 Å². The molecule has 0 fully saturated rings. The van der Waals surface area contributed by atoms with E-state index < -0.39 is 0 Å². The Morgan fingerprint density at radius 3 is 2.47 bits per heavy atom. The highest BCUT2D eigenvalue weighted by Crippen LogP contribution is 2.38. The van der Waals surface area contributed by atoms with E-state index >= 15 is 0 Å². The van der Waals surface area contributed by atoms with Crippen LogP contribution in [-0.2, 0) is 6.54 Å². The second-order valence-electron chi connectivity index (χ2n) is 5.69. The maximum atomic E-state index is 2.47. The van der Waals surface area contributed by atoms with Gasteiger partial charge in [-0.25, -0.2) is 0 Å². The molecule has 1 heteroatoms. The molecular weight excluding hydrogens is 230 g/mol. The molecule has 0 aromatic heterocycles. The average molecular weight is 251 g/mol. The summed E-state index contributed by atoms with van der Waals surface area (Å²) in [6.45, 7) is 5.63. The van der Waals surface area contributed by atoms with Crippen molar-refractivity contribution in [3.63, 3.8) is 0 Å². The summed E-state index contributed by atoms with van der Waals surface area (Å²) in [5.41, 5.74) is 5.86. The van der Waals surface area contributed by atoms with Crippen LogP contribution >= 0.6 is 0 Å². The molecule has 1 aliphatic rings. The molecular formula is C18H21N. The van der Waals surface area contributed by atoms with Gasteiger partial charge in [-0.2, -0.15) is 0 Å². The molecule has 0 amide bonds. The molecule has 0 saturated carbocycles. The maximum absolute atomic E-state index is 2.47. The first-order valence-corrected chi connectivity index (χ1v) is 7.02. The fraction of sp³-hybridized carbons (Fsp3) is 0.333. The van der Waals surface area contributed by atoms with Crippen LogP contribution in [0.2, 0.25) is 0 Å². The Balaban J connectivity index is 2.16. The van der Waals surface area contributed by atoms with Crippen molar-refractivity contribution in [2.45, 2.75) is 32.4 Å². The number of aryl methyl sites for hydroxylation is 1. The van der Waals surface area contributed by atoms with Crippen molar-refractivity contribution in [3.8, 4) is 0 Å². The summed E-state index contributed by atoms with van der Waals surface area (Å²) in [4.78, 5) is 2.47. The van der Waals surface area contributed by atoms with E-state index in [1.807, 2.05) is 0 Å². The zero-order chi connectivity index (χ0) is 13.4. The van der Waals surface area contributed by atoms with Gasteiger partial charge in [0.05, 0.1) is 0 Å². The molecule has 0 aliphatic carbocycles. The van der Waals surface area contributed by atoms with Crippen LogP contribution in [0.1, 0.15) is 35.1 Å². The number of hydrogen-bond acceptors (Lipinski definition) is 1. The van der Waals surface area contributed by atoms with Crippen molar-refractivity contribution in [1.82, 2.24) is 4.90 Å². The summed E-state index contributed by atoms with van der Waals surface area (Å²) >= 11 is 0. The van der Waals surface area contributed by atoms with Crippen LogP contribution < -0.4 is 0 Å². The van der Waals surface area contributed by atoms with Crippen LogP contribution in [0.3, 0.4) is 0 Å². The number of rotatable bonds is 1. The monoisotopic (exact) mass is 251 g/mol. The van der Waals surface area contributed by atoms with E-state index in [0.29, 0.717) is 12.0 Å². The molecule has 98 valence electrons. The quantitative estimate of drug-likeness (QED) is 0.741. The Hall–Kier alpha value is -1.60. The molecule has 0 spiro atoms. The van der Waals surface area contributed by atoms with E-state index in [0.717, 1.165) is 6.54 Å². The van der Waals surface area contributed by atoms with Crippen LogP contribution in [0.25, 0.3) is 0 Å². The van der Waals surface area contributed by atoms with Crippen molar-refractivity contribution < 1.29 is 0 Å². The second kappa shape index (κ2) is 4.82. The Labute approximate surface area is 115 Å². The predicted molar refractivity (Wildman–Crippen MR) is 80.4 cm³/mol. The largest absolute Gasteiger partial charge is 0.298 e. The third kappa shape index (κ3) is 2.08. The van der Waals surface area contributed by atoms with E-state index in [2.05, 4.69) is 74.3 Å². The molecule has 1 aliphatic heterocycles. The van der Waals surface area contributed by atoms with Gasteiger partial charge in [0.15, 0.2) is 0 Å². The van der Waals surface area contributed by atoms with E-state index in [4.69, 9.17) is 0 Å². The molecule has 1 heterocycles. The molecule has 2 aromatic carbocycles. The van der Waals surface area contributed by atoms with Crippen LogP contribution in [0.4, 0.5) is 0 Å². The zero-order valence-electron chi connectivity index (χ0n) is 11.9. The van der Waals surface area contributed by atoms with Gasteiger partial charge in [-0.1, -0.05) is 48.5 Å². The van der Waals surface area contributed by atoms with Gasteiger partial charge in [-0.05, 0) is 43.1 Å². The van der Waals surface area contributed by atoms with Gasteiger partial charge in [0.2, 0.25) is 0 Å². The lowest BCUT2D eigenvalue weighted by Gasteiger charge is -2.39. The number of likely N-dealkylation sites (N-methyl/N-ethyl adjacent to an activating group) is 1. The minimum absolute atomic E-state index is 0.481. The summed E-state index contributed by atoms with van der Waals surface area (Å²) < 4.78 is 0. The molecule has 1 nitrogen and oxygen atoms in total. The number of fused-ring (bicyclic) bond motifs is 1. The van der Waals surface area contributed by atoms with Crippen molar-refractivity contribution in [2.75, 3.05) is 7.05 Å². The standard InChI is InChI=1S/C18H21N/c1-13-8-7-11-16-17(13)12-19(3)14(2)18(16)15-9-5-4-6-10-15/h4-11,14,18H,12H2,1-3H3. The fourth-order valence-electron chi connectivity index (χ4n) is 3.26. The topological polar surface area (TPSA) is 3.24 Å². The summed E-state index contributed by atoms with van der Waals surface area (Å²) in [7, 11) is 2.23. The molecule has 0 N–H and O–H groups in total. The lowest BCUT2D eigenvalue weighted by Crippen LogP contribution is -2.39. The van der Waals surface area contributed by atoms with Gasteiger partial charge >= 0.3 is 0 Å². The Bertz CT molecular complexity index is 573. The summed E-state index contributed by atoms with van der Waals surface area (Å²) in [6.07, 6.45) is 0. The third-order valence-electron chi connectivity index (χ3n) is 4.53. The molecule has 0 bridgehead atoms. The number of nitrogens with zero attached hydrogens (tertiary/aromatic N) is 1. The molecule has 2 atom stereocenters. The van der Waals surface area contributed by atoms with Crippen molar-refractivity contribution in [1.29, 1.82) is 0 Å². The minimum Gasteiger partial charge on any atom is -0.298 e. The fourth-order valence-corrected chi connectivity index (χ4v) is 3.26.